The molecule has 1 atom stereocenters. The number of likely N-dealkylation sites (tertiary alicyclic amines) is 1. The largest absolute Gasteiger partial charge is 0.341 e. The van der Waals surface area contributed by atoms with Crippen LogP contribution in [0.5, 0.6) is 0 Å². The standard InChI is InChI=1S/C18H29N5O3S/c1-21-13-19-20-17(21)15-9-23(27(2,25)26)12-18(15)10-22(11-18)16(24)8-14-6-4-3-5-7-14/h13-15H,3-12H2,1-2H3. The Balaban J connectivity index is 1.47. The second kappa shape index (κ2) is 6.84. The Hall–Kier alpha value is -1.48. The molecule has 0 N–H and O–H groups in total. The van der Waals surface area contributed by atoms with Crippen LogP contribution in [0.2, 0.25) is 0 Å². The van der Waals surface area contributed by atoms with Crippen LogP contribution in [-0.4, -0.2) is 70.7 Å². The van der Waals surface area contributed by atoms with Crippen molar-refractivity contribution in [3.05, 3.63) is 12.2 Å². The minimum Gasteiger partial charge on any atom is -0.341 e. The first-order valence-corrected chi connectivity index (χ1v) is 11.7. The average molecular weight is 396 g/mol. The van der Waals surface area contributed by atoms with E-state index in [0.29, 0.717) is 38.5 Å². The third-order valence-electron chi connectivity index (χ3n) is 6.70. The molecule has 1 aliphatic carbocycles. The van der Waals surface area contributed by atoms with Crippen molar-refractivity contribution in [1.29, 1.82) is 0 Å². The second-order valence-electron chi connectivity index (χ2n) is 8.73. The molecule has 1 unspecified atom stereocenters. The van der Waals surface area contributed by atoms with Crippen LogP contribution >= 0.6 is 0 Å². The molecule has 150 valence electrons. The lowest BCUT2D eigenvalue weighted by atomic mass is 9.70. The van der Waals surface area contributed by atoms with Crippen molar-refractivity contribution < 1.29 is 13.2 Å². The molecule has 1 aromatic heterocycles. The average Bonchev–Trinajstić information content (AvgIpc) is 3.17. The number of hydrogen-bond donors (Lipinski definition) is 0. The number of carbonyl (C=O) groups is 1. The maximum absolute atomic E-state index is 12.7. The minimum absolute atomic E-state index is 0.0292. The highest BCUT2D eigenvalue weighted by Gasteiger charge is 2.58. The van der Waals surface area contributed by atoms with Crippen molar-refractivity contribution in [2.45, 2.75) is 44.4 Å². The fourth-order valence-corrected chi connectivity index (χ4v) is 6.03. The number of aromatic nitrogens is 3. The maximum atomic E-state index is 12.7. The Labute approximate surface area is 161 Å². The van der Waals surface area contributed by atoms with Crippen molar-refractivity contribution in [1.82, 2.24) is 24.0 Å². The number of amides is 1. The normalized spacial score (nSPS) is 26.4. The van der Waals surface area contributed by atoms with Crippen LogP contribution in [0, 0.1) is 11.3 Å². The zero-order chi connectivity index (χ0) is 19.2. The summed E-state index contributed by atoms with van der Waals surface area (Å²) in [5, 5.41) is 8.22. The molecule has 3 aliphatic rings. The van der Waals surface area contributed by atoms with Gasteiger partial charge in [-0.2, -0.15) is 0 Å². The summed E-state index contributed by atoms with van der Waals surface area (Å²) in [6.07, 6.45) is 9.63. The SMILES string of the molecule is Cn1cnnc1C1CN(S(C)(=O)=O)CC12CN(C(=O)CC1CCCCC1)C2. The lowest BCUT2D eigenvalue weighted by Crippen LogP contribution is -2.62. The Morgan fingerprint density at radius 1 is 1.22 bits per heavy atom. The second-order valence-corrected chi connectivity index (χ2v) is 10.7. The van der Waals surface area contributed by atoms with Crippen molar-refractivity contribution in [3.63, 3.8) is 0 Å². The Morgan fingerprint density at radius 2 is 1.93 bits per heavy atom. The third kappa shape index (κ3) is 3.51. The van der Waals surface area contributed by atoms with E-state index in [4.69, 9.17) is 0 Å². The van der Waals surface area contributed by atoms with Gasteiger partial charge in [-0.1, -0.05) is 19.3 Å². The van der Waals surface area contributed by atoms with E-state index in [1.54, 1.807) is 6.33 Å². The molecule has 27 heavy (non-hydrogen) atoms. The summed E-state index contributed by atoms with van der Waals surface area (Å²) in [6.45, 7) is 2.09. The fourth-order valence-electron chi connectivity index (χ4n) is 5.12. The van der Waals surface area contributed by atoms with Crippen LogP contribution in [0.4, 0.5) is 0 Å². The van der Waals surface area contributed by atoms with Gasteiger partial charge in [0.2, 0.25) is 15.9 Å². The first-order valence-electron chi connectivity index (χ1n) is 9.85. The monoisotopic (exact) mass is 395 g/mol. The zero-order valence-corrected chi connectivity index (χ0v) is 17.0. The molecule has 1 saturated carbocycles. The molecule has 0 aromatic carbocycles. The first-order chi connectivity index (χ1) is 12.8. The summed E-state index contributed by atoms with van der Waals surface area (Å²) in [6, 6.07) is 0. The molecule has 0 radical (unpaired) electrons. The molecule has 1 spiro atoms. The van der Waals surface area contributed by atoms with E-state index in [1.807, 2.05) is 16.5 Å². The van der Waals surface area contributed by atoms with Gasteiger partial charge in [-0.05, 0) is 18.8 Å². The van der Waals surface area contributed by atoms with E-state index in [0.717, 1.165) is 18.7 Å². The molecule has 0 bridgehead atoms. The molecule has 2 aliphatic heterocycles. The predicted molar refractivity (Wildman–Crippen MR) is 100 cm³/mol. The third-order valence-corrected chi connectivity index (χ3v) is 7.91. The van der Waals surface area contributed by atoms with Crippen LogP contribution in [0.1, 0.15) is 50.3 Å². The van der Waals surface area contributed by atoms with Gasteiger partial charge < -0.3 is 9.47 Å². The van der Waals surface area contributed by atoms with Crippen molar-refractivity contribution in [3.8, 4) is 0 Å². The van der Waals surface area contributed by atoms with Crippen LogP contribution in [0.25, 0.3) is 0 Å². The van der Waals surface area contributed by atoms with E-state index in [9.17, 15) is 13.2 Å². The minimum atomic E-state index is -3.27. The van der Waals surface area contributed by atoms with Gasteiger partial charge >= 0.3 is 0 Å². The van der Waals surface area contributed by atoms with Gasteiger partial charge in [-0.15, -0.1) is 10.2 Å². The lowest BCUT2D eigenvalue weighted by Gasteiger charge is -2.51. The highest BCUT2D eigenvalue weighted by molar-refractivity contribution is 7.88. The van der Waals surface area contributed by atoms with E-state index in [2.05, 4.69) is 10.2 Å². The molecule has 1 amide bonds. The van der Waals surface area contributed by atoms with Gasteiger partial charge in [0, 0.05) is 51.0 Å². The highest BCUT2D eigenvalue weighted by atomic mass is 32.2. The van der Waals surface area contributed by atoms with Crippen molar-refractivity contribution >= 4 is 15.9 Å². The van der Waals surface area contributed by atoms with Crippen LogP contribution in [-0.2, 0) is 21.9 Å². The smallest absolute Gasteiger partial charge is 0.222 e. The van der Waals surface area contributed by atoms with Gasteiger partial charge in [-0.3, -0.25) is 4.79 Å². The summed E-state index contributed by atoms with van der Waals surface area (Å²) >= 11 is 0. The van der Waals surface area contributed by atoms with Gasteiger partial charge in [-0.25, -0.2) is 12.7 Å². The molecule has 2 saturated heterocycles. The number of carbonyl (C=O) groups excluding carboxylic acids is 1. The predicted octanol–water partition coefficient (Wildman–Crippen LogP) is 0.973. The molecule has 3 heterocycles. The number of sulfonamides is 1. The van der Waals surface area contributed by atoms with Crippen LogP contribution < -0.4 is 0 Å². The van der Waals surface area contributed by atoms with Crippen molar-refractivity contribution in [2.24, 2.45) is 18.4 Å². The number of aryl methyl sites for hydroxylation is 1. The van der Waals surface area contributed by atoms with Gasteiger partial charge in [0.1, 0.15) is 12.2 Å². The summed E-state index contributed by atoms with van der Waals surface area (Å²) in [5.41, 5.74) is -0.244. The molecule has 1 aromatic rings. The summed E-state index contributed by atoms with van der Waals surface area (Å²) in [4.78, 5) is 14.7. The molecule has 8 nitrogen and oxygen atoms in total. The number of rotatable bonds is 4. The number of hydrogen-bond acceptors (Lipinski definition) is 5. The summed E-state index contributed by atoms with van der Waals surface area (Å²) in [7, 11) is -1.39. The maximum Gasteiger partial charge on any atom is 0.222 e. The van der Waals surface area contributed by atoms with E-state index in [-0.39, 0.29) is 17.2 Å². The topological polar surface area (TPSA) is 88.4 Å². The van der Waals surface area contributed by atoms with E-state index in [1.165, 1.54) is 29.8 Å². The summed E-state index contributed by atoms with van der Waals surface area (Å²) < 4.78 is 27.7. The molecular weight excluding hydrogens is 366 g/mol. The van der Waals surface area contributed by atoms with Gasteiger partial charge in [0.05, 0.1) is 6.26 Å². The van der Waals surface area contributed by atoms with E-state index < -0.39 is 10.0 Å². The Morgan fingerprint density at radius 3 is 2.52 bits per heavy atom. The molecule has 4 rings (SSSR count). The van der Waals surface area contributed by atoms with Crippen LogP contribution in [0.15, 0.2) is 6.33 Å². The molecular formula is C18H29N5O3S. The molecule has 9 heteroatoms. The number of nitrogens with zero attached hydrogens (tertiary/aromatic N) is 5. The fraction of sp³-hybridized carbons (Fsp3) is 0.833. The summed E-state index contributed by atoms with van der Waals surface area (Å²) in [5.74, 6) is 1.52. The van der Waals surface area contributed by atoms with Gasteiger partial charge in [0.15, 0.2) is 0 Å². The first kappa shape index (κ1) is 18.9. The van der Waals surface area contributed by atoms with Gasteiger partial charge in [0.25, 0.3) is 0 Å². The van der Waals surface area contributed by atoms with Crippen molar-refractivity contribution in [2.75, 3.05) is 32.4 Å². The zero-order valence-electron chi connectivity index (χ0n) is 16.2. The van der Waals surface area contributed by atoms with E-state index >= 15 is 0 Å². The lowest BCUT2D eigenvalue weighted by molar-refractivity contribution is -0.144. The molecule has 3 fully saturated rings. The Bertz CT molecular complexity index is 809. The Kier molecular flexibility index (Phi) is 4.78. The highest BCUT2D eigenvalue weighted by Crippen LogP contribution is 2.49. The van der Waals surface area contributed by atoms with Crippen LogP contribution in [0.3, 0.4) is 0 Å². The quantitative estimate of drug-likeness (QED) is 0.758.